The number of hydrogen-bond acceptors (Lipinski definition) is 1. The lowest BCUT2D eigenvalue weighted by molar-refractivity contribution is 0.479. The minimum atomic E-state index is 0.227. The van der Waals surface area contributed by atoms with Crippen molar-refractivity contribution in [2.24, 2.45) is 5.73 Å². The number of fused-ring (bicyclic) bond motifs is 1. The standard InChI is InChI=1S/C19H23N/c1-12-8-13(2)17(14(3)9-12)11-19(20)18-10-15-6-4-5-7-16(15)18/h4-9,18-19H,10-11,20H2,1-3H3. The van der Waals surface area contributed by atoms with Gasteiger partial charge in [-0.3, -0.25) is 0 Å². The Kier molecular flexibility index (Phi) is 3.39. The van der Waals surface area contributed by atoms with Crippen molar-refractivity contribution in [2.45, 2.75) is 45.6 Å². The molecule has 0 aromatic heterocycles. The summed E-state index contributed by atoms with van der Waals surface area (Å²) in [6, 6.07) is 13.5. The molecular weight excluding hydrogens is 242 g/mol. The van der Waals surface area contributed by atoms with E-state index in [4.69, 9.17) is 5.73 Å². The smallest absolute Gasteiger partial charge is 0.0152 e. The zero-order valence-electron chi connectivity index (χ0n) is 12.6. The summed E-state index contributed by atoms with van der Waals surface area (Å²) in [5.74, 6) is 0.534. The maximum atomic E-state index is 6.50. The van der Waals surface area contributed by atoms with E-state index in [1.807, 2.05) is 0 Å². The lowest BCUT2D eigenvalue weighted by atomic mass is 9.72. The quantitative estimate of drug-likeness (QED) is 0.897. The van der Waals surface area contributed by atoms with Gasteiger partial charge in [-0.05, 0) is 61.4 Å². The molecule has 0 aliphatic heterocycles. The zero-order chi connectivity index (χ0) is 14.3. The van der Waals surface area contributed by atoms with Crippen LogP contribution in [0.3, 0.4) is 0 Å². The van der Waals surface area contributed by atoms with Crippen molar-refractivity contribution in [2.75, 3.05) is 0 Å². The van der Waals surface area contributed by atoms with Crippen LogP contribution in [0.2, 0.25) is 0 Å². The van der Waals surface area contributed by atoms with Crippen molar-refractivity contribution in [3.8, 4) is 0 Å². The Morgan fingerprint density at radius 2 is 1.75 bits per heavy atom. The molecule has 0 saturated heterocycles. The van der Waals surface area contributed by atoms with E-state index in [1.165, 1.54) is 33.4 Å². The van der Waals surface area contributed by atoms with Gasteiger partial charge >= 0.3 is 0 Å². The summed E-state index contributed by atoms with van der Waals surface area (Å²) in [5, 5.41) is 0. The van der Waals surface area contributed by atoms with Gasteiger partial charge in [0.2, 0.25) is 0 Å². The first kappa shape index (κ1) is 13.4. The second-order valence-electron chi connectivity index (χ2n) is 6.25. The summed E-state index contributed by atoms with van der Waals surface area (Å²) >= 11 is 0. The maximum absolute atomic E-state index is 6.50. The van der Waals surface area contributed by atoms with Crippen LogP contribution >= 0.6 is 0 Å². The fourth-order valence-electron chi connectivity index (χ4n) is 3.59. The van der Waals surface area contributed by atoms with E-state index < -0.39 is 0 Å². The van der Waals surface area contributed by atoms with E-state index in [-0.39, 0.29) is 6.04 Å². The highest BCUT2D eigenvalue weighted by Crippen LogP contribution is 2.37. The predicted molar refractivity (Wildman–Crippen MR) is 85.2 cm³/mol. The molecule has 0 spiro atoms. The van der Waals surface area contributed by atoms with E-state index in [1.54, 1.807) is 0 Å². The number of rotatable bonds is 3. The Morgan fingerprint density at radius 1 is 1.10 bits per heavy atom. The lowest BCUT2D eigenvalue weighted by Crippen LogP contribution is -2.37. The van der Waals surface area contributed by atoms with Crippen molar-refractivity contribution in [3.05, 3.63) is 69.8 Å². The van der Waals surface area contributed by atoms with E-state index in [0.29, 0.717) is 5.92 Å². The average molecular weight is 265 g/mol. The largest absolute Gasteiger partial charge is 0.327 e. The SMILES string of the molecule is Cc1cc(C)c(CC(N)C2Cc3ccccc32)c(C)c1. The first-order chi connectivity index (χ1) is 9.56. The maximum Gasteiger partial charge on any atom is 0.0152 e. The minimum Gasteiger partial charge on any atom is -0.327 e. The zero-order valence-corrected chi connectivity index (χ0v) is 12.6. The third kappa shape index (κ3) is 2.27. The van der Waals surface area contributed by atoms with Gasteiger partial charge in [0.25, 0.3) is 0 Å². The number of hydrogen-bond donors (Lipinski definition) is 1. The highest BCUT2D eigenvalue weighted by Gasteiger charge is 2.30. The molecular formula is C19H23N. The van der Waals surface area contributed by atoms with Crippen molar-refractivity contribution < 1.29 is 0 Å². The summed E-state index contributed by atoms with van der Waals surface area (Å²) in [6.07, 6.45) is 2.12. The molecule has 3 rings (SSSR count). The van der Waals surface area contributed by atoms with Gasteiger partial charge in [0.15, 0.2) is 0 Å². The first-order valence-electron chi connectivity index (χ1n) is 7.46. The van der Waals surface area contributed by atoms with E-state index in [2.05, 4.69) is 57.2 Å². The second kappa shape index (κ2) is 5.06. The van der Waals surface area contributed by atoms with Crippen LogP contribution in [0.4, 0.5) is 0 Å². The molecule has 0 fully saturated rings. The van der Waals surface area contributed by atoms with Crippen LogP contribution in [0.5, 0.6) is 0 Å². The van der Waals surface area contributed by atoms with Crippen LogP contribution in [0.15, 0.2) is 36.4 Å². The van der Waals surface area contributed by atoms with Crippen LogP contribution in [0.25, 0.3) is 0 Å². The summed E-state index contributed by atoms with van der Waals surface area (Å²) in [6.45, 7) is 6.57. The topological polar surface area (TPSA) is 26.0 Å². The molecule has 1 heteroatoms. The molecule has 0 amide bonds. The Bertz CT molecular complexity index is 619. The monoisotopic (exact) mass is 265 g/mol. The van der Waals surface area contributed by atoms with Gasteiger partial charge in [0.05, 0.1) is 0 Å². The molecule has 0 saturated carbocycles. The second-order valence-corrected chi connectivity index (χ2v) is 6.25. The van der Waals surface area contributed by atoms with Crippen molar-refractivity contribution in [1.82, 2.24) is 0 Å². The van der Waals surface area contributed by atoms with E-state index in [9.17, 15) is 0 Å². The fraction of sp³-hybridized carbons (Fsp3) is 0.368. The molecule has 2 atom stereocenters. The molecule has 1 nitrogen and oxygen atoms in total. The summed E-state index contributed by atoms with van der Waals surface area (Å²) in [4.78, 5) is 0. The Labute approximate surface area is 121 Å². The van der Waals surface area contributed by atoms with Crippen LogP contribution in [-0.2, 0) is 12.8 Å². The molecule has 2 aromatic rings. The average Bonchev–Trinajstić information content (AvgIpc) is 2.35. The first-order valence-corrected chi connectivity index (χ1v) is 7.46. The summed E-state index contributed by atoms with van der Waals surface area (Å²) < 4.78 is 0. The van der Waals surface area contributed by atoms with Crippen molar-refractivity contribution in [3.63, 3.8) is 0 Å². The third-order valence-corrected chi connectivity index (χ3v) is 4.69. The fourth-order valence-corrected chi connectivity index (χ4v) is 3.59. The Hall–Kier alpha value is -1.60. The van der Waals surface area contributed by atoms with Crippen LogP contribution in [0, 0.1) is 20.8 Å². The number of nitrogens with two attached hydrogens (primary N) is 1. The van der Waals surface area contributed by atoms with Gasteiger partial charge in [-0.25, -0.2) is 0 Å². The van der Waals surface area contributed by atoms with Gasteiger partial charge in [-0.15, -0.1) is 0 Å². The molecule has 1 aliphatic carbocycles. The lowest BCUT2D eigenvalue weighted by Gasteiger charge is -2.35. The van der Waals surface area contributed by atoms with E-state index in [0.717, 1.165) is 12.8 Å². The molecule has 104 valence electrons. The Balaban J connectivity index is 1.80. The van der Waals surface area contributed by atoms with Crippen molar-refractivity contribution >= 4 is 0 Å². The summed E-state index contributed by atoms with van der Waals surface area (Å²) in [5.41, 5.74) is 15.0. The molecule has 0 radical (unpaired) electrons. The van der Waals surface area contributed by atoms with Crippen LogP contribution in [-0.4, -0.2) is 6.04 Å². The van der Waals surface area contributed by atoms with Crippen LogP contribution in [0.1, 0.15) is 39.3 Å². The van der Waals surface area contributed by atoms with Gasteiger partial charge in [0, 0.05) is 12.0 Å². The van der Waals surface area contributed by atoms with Crippen LogP contribution < -0.4 is 5.73 Å². The number of benzene rings is 2. The highest BCUT2D eigenvalue weighted by atomic mass is 14.7. The molecule has 2 aromatic carbocycles. The van der Waals surface area contributed by atoms with Gasteiger partial charge in [-0.1, -0.05) is 42.0 Å². The highest BCUT2D eigenvalue weighted by molar-refractivity contribution is 5.43. The predicted octanol–water partition coefficient (Wildman–Crippen LogP) is 3.82. The number of aryl methyl sites for hydroxylation is 3. The normalized spacial score (nSPS) is 18.3. The summed E-state index contributed by atoms with van der Waals surface area (Å²) in [7, 11) is 0. The van der Waals surface area contributed by atoms with Gasteiger partial charge in [-0.2, -0.15) is 0 Å². The van der Waals surface area contributed by atoms with Crippen molar-refractivity contribution in [1.29, 1.82) is 0 Å². The van der Waals surface area contributed by atoms with E-state index >= 15 is 0 Å². The molecule has 0 heterocycles. The third-order valence-electron chi connectivity index (χ3n) is 4.69. The van der Waals surface area contributed by atoms with Gasteiger partial charge in [0.1, 0.15) is 0 Å². The molecule has 1 aliphatic rings. The molecule has 20 heavy (non-hydrogen) atoms. The Morgan fingerprint density at radius 3 is 2.40 bits per heavy atom. The minimum absolute atomic E-state index is 0.227. The molecule has 2 unspecified atom stereocenters. The molecule has 2 N–H and O–H groups in total. The molecule has 0 bridgehead atoms. The van der Waals surface area contributed by atoms with Gasteiger partial charge < -0.3 is 5.73 Å².